The zero-order valence-corrected chi connectivity index (χ0v) is 12.2. The molecule has 1 heterocycles. The van der Waals surface area contributed by atoms with Gasteiger partial charge >= 0.3 is 0 Å². The van der Waals surface area contributed by atoms with E-state index in [0.29, 0.717) is 10.2 Å². The zero-order chi connectivity index (χ0) is 13.0. The van der Waals surface area contributed by atoms with Crippen LogP contribution in [-0.4, -0.2) is 49.8 Å². The number of nitrogens with zero attached hydrogens (tertiary/aromatic N) is 1. The number of ether oxygens (including phenoxy) is 1. The van der Waals surface area contributed by atoms with Gasteiger partial charge in [-0.3, -0.25) is 0 Å². The molecule has 1 saturated heterocycles. The van der Waals surface area contributed by atoms with E-state index in [9.17, 15) is 5.11 Å². The number of halogens is 1. The summed E-state index contributed by atoms with van der Waals surface area (Å²) in [6, 6.07) is 3.87. The Kier molecular flexibility index (Phi) is 4.86. The zero-order valence-electron chi connectivity index (χ0n) is 10.6. The summed E-state index contributed by atoms with van der Waals surface area (Å²) in [7, 11) is 1.59. The van der Waals surface area contributed by atoms with Crippen LogP contribution in [0.2, 0.25) is 0 Å². The molecular weight excluding hydrogens is 296 g/mol. The second-order valence-corrected chi connectivity index (χ2v) is 5.28. The largest absolute Gasteiger partial charge is 0.503 e. The number of aromatic hydroxyl groups is 1. The highest BCUT2D eigenvalue weighted by molar-refractivity contribution is 9.10. The average molecular weight is 315 g/mol. The van der Waals surface area contributed by atoms with Gasteiger partial charge in [0.2, 0.25) is 0 Å². The quantitative estimate of drug-likeness (QED) is 0.886. The first-order valence-corrected chi connectivity index (χ1v) is 6.99. The molecule has 4 nitrogen and oxygen atoms in total. The van der Waals surface area contributed by atoms with Crippen molar-refractivity contribution in [2.75, 3.05) is 39.8 Å². The molecule has 0 atom stereocenters. The average Bonchev–Trinajstić information content (AvgIpc) is 2.41. The molecule has 0 saturated carbocycles. The first-order valence-electron chi connectivity index (χ1n) is 6.19. The molecule has 18 heavy (non-hydrogen) atoms. The minimum atomic E-state index is 0.190. The third-order valence-electron chi connectivity index (χ3n) is 3.27. The van der Waals surface area contributed by atoms with Crippen LogP contribution in [-0.2, 0) is 6.42 Å². The van der Waals surface area contributed by atoms with Crippen LogP contribution in [0, 0.1) is 0 Å². The van der Waals surface area contributed by atoms with Crippen molar-refractivity contribution in [2.24, 2.45) is 0 Å². The summed E-state index contributed by atoms with van der Waals surface area (Å²) in [5.41, 5.74) is 1.05. The van der Waals surface area contributed by atoms with Crippen molar-refractivity contribution in [3.05, 3.63) is 22.2 Å². The fourth-order valence-electron chi connectivity index (χ4n) is 2.23. The number of phenolic OH excluding ortho intramolecular Hbond substituents is 1. The van der Waals surface area contributed by atoms with Crippen molar-refractivity contribution in [3.63, 3.8) is 0 Å². The van der Waals surface area contributed by atoms with E-state index in [1.54, 1.807) is 7.11 Å². The van der Waals surface area contributed by atoms with E-state index < -0.39 is 0 Å². The van der Waals surface area contributed by atoms with Gasteiger partial charge in [-0.1, -0.05) is 6.07 Å². The van der Waals surface area contributed by atoms with Gasteiger partial charge < -0.3 is 20.1 Å². The summed E-state index contributed by atoms with van der Waals surface area (Å²) in [5.74, 6) is 0.773. The molecule has 0 spiro atoms. The minimum Gasteiger partial charge on any atom is -0.503 e. The number of nitrogens with one attached hydrogen (secondary N) is 1. The lowest BCUT2D eigenvalue weighted by molar-refractivity contribution is 0.242. The molecule has 1 aromatic carbocycles. The molecule has 0 unspecified atom stereocenters. The van der Waals surface area contributed by atoms with Crippen molar-refractivity contribution in [1.29, 1.82) is 0 Å². The van der Waals surface area contributed by atoms with Crippen molar-refractivity contribution in [2.45, 2.75) is 6.42 Å². The Hall–Kier alpha value is -0.780. The minimum absolute atomic E-state index is 0.190. The Labute approximate surface area is 116 Å². The van der Waals surface area contributed by atoms with Crippen molar-refractivity contribution >= 4 is 15.9 Å². The highest BCUT2D eigenvalue weighted by Gasteiger charge is 2.14. The molecule has 100 valence electrons. The molecule has 5 heteroatoms. The first kappa shape index (κ1) is 13.6. The van der Waals surface area contributed by atoms with Crippen LogP contribution in [0.5, 0.6) is 11.5 Å². The highest BCUT2D eigenvalue weighted by atomic mass is 79.9. The smallest absolute Gasteiger partial charge is 0.172 e. The van der Waals surface area contributed by atoms with Crippen LogP contribution in [0.4, 0.5) is 0 Å². The summed E-state index contributed by atoms with van der Waals surface area (Å²) in [6.45, 7) is 5.29. The number of methoxy groups -OCH3 is 1. The SMILES string of the molecule is COc1c(CCN2CCNCC2)ccc(Br)c1O. The monoisotopic (exact) mass is 314 g/mol. The van der Waals surface area contributed by atoms with Gasteiger partial charge in [-0.05, 0) is 34.0 Å². The van der Waals surface area contributed by atoms with E-state index >= 15 is 0 Å². The number of piperazine rings is 1. The second kappa shape index (κ2) is 6.41. The van der Waals surface area contributed by atoms with E-state index in [1.807, 2.05) is 12.1 Å². The maximum Gasteiger partial charge on any atom is 0.172 e. The fourth-order valence-corrected chi connectivity index (χ4v) is 2.54. The van der Waals surface area contributed by atoms with Gasteiger partial charge in [0.25, 0.3) is 0 Å². The first-order chi connectivity index (χ1) is 8.72. The number of phenols is 1. The Balaban J connectivity index is 2.02. The molecule has 1 aromatic rings. The van der Waals surface area contributed by atoms with Crippen LogP contribution in [0.15, 0.2) is 16.6 Å². The molecule has 1 aliphatic heterocycles. The van der Waals surface area contributed by atoms with Crippen LogP contribution >= 0.6 is 15.9 Å². The molecule has 0 amide bonds. The maximum absolute atomic E-state index is 9.92. The van der Waals surface area contributed by atoms with Gasteiger partial charge in [0.15, 0.2) is 11.5 Å². The number of benzene rings is 1. The molecule has 2 N–H and O–H groups in total. The van der Waals surface area contributed by atoms with E-state index in [1.165, 1.54) is 0 Å². The predicted molar refractivity (Wildman–Crippen MR) is 75.4 cm³/mol. The topological polar surface area (TPSA) is 44.7 Å². The van der Waals surface area contributed by atoms with Gasteiger partial charge in [-0.15, -0.1) is 0 Å². The van der Waals surface area contributed by atoms with Crippen molar-refractivity contribution < 1.29 is 9.84 Å². The highest BCUT2D eigenvalue weighted by Crippen LogP contribution is 2.37. The molecular formula is C13H19BrN2O2. The van der Waals surface area contributed by atoms with Crippen LogP contribution < -0.4 is 10.1 Å². The summed E-state index contributed by atoms with van der Waals surface area (Å²) in [6.07, 6.45) is 0.893. The molecule has 0 aromatic heterocycles. The van der Waals surface area contributed by atoms with Gasteiger partial charge in [0.1, 0.15) is 0 Å². The van der Waals surface area contributed by atoms with Crippen LogP contribution in [0.3, 0.4) is 0 Å². The molecule has 1 aliphatic rings. The Morgan fingerprint density at radius 3 is 2.78 bits per heavy atom. The van der Waals surface area contributed by atoms with E-state index in [4.69, 9.17) is 4.74 Å². The summed E-state index contributed by atoms with van der Waals surface area (Å²) >= 11 is 3.30. The Bertz CT molecular complexity index is 406. The van der Waals surface area contributed by atoms with Crippen molar-refractivity contribution in [1.82, 2.24) is 10.2 Å². The molecule has 0 aliphatic carbocycles. The summed E-state index contributed by atoms with van der Waals surface area (Å²) in [5, 5.41) is 13.3. The lowest BCUT2D eigenvalue weighted by atomic mass is 10.1. The maximum atomic E-state index is 9.92. The number of rotatable bonds is 4. The third kappa shape index (κ3) is 3.16. The number of hydrogen-bond donors (Lipinski definition) is 2. The van der Waals surface area contributed by atoms with E-state index in [0.717, 1.165) is 44.7 Å². The summed E-state index contributed by atoms with van der Waals surface area (Å²) < 4.78 is 5.96. The van der Waals surface area contributed by atoms with Crippen LogP contribution in [0.1, 0.15) is 5.56 Å². The molecule has 2 rings (SSSR count). The third-order valence-corrected chi connectivity index (χ3v) is 3.91. The van der Waals surface area contributed by atoms with Gasteiger partial charge in [-0.2, -0.15) is 0 Å². The van der Waals surface area contributed by atoms with Gasteiger partial charge in [-0.25, -0.2) is 0 Å². The molecule has 0 bridgehead atoms. The predicted octanol–water partition coefficient (Wildman–Crippen LogP) is 1.61. The Morgan fingerprint density at radius 2 is 2.11 bits per heavy atom. The van der Waals surface area contributed by atoms with E-state index in [-0.39, 0.29) is 5.75 Å². The second-order valence-electron chi connectivity index (χ2n) is 4.43. The molecule has 0 radical (unpaired) electrons. The normalized spacial score (nSPS) is 16.8. The summed E-state index contributed by atoms with van der Waals surface area (Å²) in [4.78, 5) is 2.43. The number of hydrogen-bond acceptors (Lipinski definition) is 4. The van der Waals surface area contributed by atoms with Gasteiger partial charge in [0.05, 0.1) is 11.6 Å². The molecule has 1 fully saturated rings. The fraction of sp³-hybridized carbons (Fsp3) is 0.538. The lowest BCUT2D eigenvalue weighted by Crippen LogP contribution is -2.44. The standard InChI is InChI=1S/C13H19BrN2O2/c1-18-13-10(2-3-11(14)12(13)17)4-7-16-8-5-15-6-9-16/h2-3,15,17H,4-9H2,1H3. The van der Waals surface area contributed by atoms with E-state index in [2.05, 4.69) is 26.1 Å². The van der Waals surface area contributed by atoms with Gasteiger partial charge in [0, 0.05) is 32.7 Å². The van der Waals surface area contributed by atoms with Crippen molar-refractivity contribution in [3.8, 4) is 11.5 Å². The van der Waals surface area contributed by atoms with Crippen LogP contribution in [0.25, 0.3) is 0 Å². The lowest BCUT2D eigenvalue weighted by Gasteiger charge is -2.27. The Morgan fingerprint density at radius 1 is 1.39 bits per heavy atom.